The highest BCUT2D eigenvalue weighted by atomic mass is 16.5. The zero-order chi connectivity index (χ0) is 8.72. The molecule has 64 valence electrons. The second-order valence-electron chi connectivity index (χ2n) is 3.50. The van der Waals surface area contributed by atoms with Crippen LogP contribution in [-0.4, -0.2) is 12.1 Å². The average molecular weight is 164 g/mol. The summed E-state index contributed by atoms with van der Waals surface area (Å²) in [5.74, 6) is -0.138. The van der Waals surface area contributed by atoms with Gasteiger partial charge in [-0.15, -0.1) is 0 Å². The zero-order valence-corrected chi connectivity index (χ0v) is 7.39. The Hall–Kier alpha value is -1.05. The van der Waals surface area contributed by atoms with Crippen molar-refractivity contribution in [2.24, 2.45) is 0 Å². The minimum absolute atomic E-state index is 0.0567. The fraction of sp³-hybridized carbons (Fsp3) is 0.500. The molecule has 1 atom stereocenters. The summed E-state index contributed by atoms with van der Waals surface area (Å²) in [5, 5.41) is 0. The third kappa shape index (κ3) is 0.986. The van der Waals surface area contributed by atoms with Gasteiger partial charge < -0.3 is 4.74 Å². The molecule has 12 heavy (non-hydrogen) atoms. The van der Waals surface area contributed by atoms with Crippen LogP contribution in [0, 0.1) is 0 Å². The highest BCUT2D eigenvalue weighted by molar-refractivity contribution is 5.92. The van der Waals surface area contributed by atoms with Crippen LogP contribution in [0.4, 0.5) is 0 Å². The first-order chi connectivity index (χ1) is 5.68. The van der Waals surface area contributed by atoms with Gasteiger partial charge in [-0.2, -0.15) is 0 Å². The second kappa shape index (κ2) is 2.47. The van der Waals surface area contributed by atoms with Gasteiger partial charge in [0.25, 0.3) is 0 Å². The smallest absolute Gasteiger partial charge is 0.334 e. The molecule has 2 nitrogen and oxygen atoms in total. The zero-order valence-electron chi connectivity index (χ0n) is 7.39. The van der Waals surface area contributed by atoms with Crippen LogP contribution >= 0.6 is 0 Å². The Bertz CT molecular complexity index is 297. The van der Waals surface area contributed by atoms with Gasteiger partial charge in [-0.25, -0.2) is 4.79 Å². The van der Waals surface area contributed by atoms with E-state index in [0.717, 1.165) is 24.0 Å². The molecule has 1 heterocycles. The monoisotopic (exact) mass is 164 g/mol. The molecule has 0 aromatic carbocycles. The molecule has 0 aromatic rings. The Balaban J connectivity index is 2.42. The molecule has 1 aliphatic carbocycles. The van der Waals surface area contributed by atoms with Crippen molar-refractivity contribution in [1.82, 2.24) is 0 Å². The van der Waals surface area contributed by atoms with Crippen LogP contribution < -0.4 is 0 Å². The lowest BCUT2D eigenvalue weighted by Gasteiger charge is -2.17. The Morgan fingerprint density at radius 3 is 3.00 bits per heavy atom. The molecule has 0 N–H and O–H groups in total. The lowest BCUT2D eigenvalue weighted by molar-refractivity contribution is -0.139. The Morgan fingerprint density at radius 2 is 2.25 bits per heavy atom. The SMILES string of the molecule is CC1=CC2=C(C)C(=O)OC2CC1. The van der Waals surface area contributed by atoms with Crippen molar-refractivity contribution in [2.45, 2.75) is 32.8 Å². The number of ether oxygens (including phenoxy) is 1. The highest BCUT2D eigenvalue weighted by Gasteiger charge is 2.31. The molecule has 0 amide bonds. The predicted molar refractivity (Wildman–Crippen MR) is 45.6 cm³/mol. The molecule has 0 aromatic heterocycles. The third-order valence-electron chi connectivity index (χ3n) is 2.54. The summed E-state index contributed by atoms with van der Waals surface area (Å²) in [6.45, 7) is 3.94. The van der Waals surface area contributed by atoms with Crippen molar-refractivity contribution < 1.29 is 9.53 Å². The maximum atomic E-state index is 11.1. The molecule has 2 rings (SSSR count). The molecule has 0 radical (unpaired) electrons. The van der Waals surface area contributed by atoms with E-state index in [1.54, 1.807) is 0 Å². The van der Waals surface area contributed by atoms with Crippen LogP contribution in [0.5, 0.6) is 0 Å². The number of hydrogen-bond acceptors (Lipinski definition) is 2. The maximum Gasteiger partial charge on any atom is 0.334 e. The van der Waals surface area contributed by atoms with Crippen molar-refractivity contribution in [3.63, 3.8) is 0 Å². The average Bonchev–Trinajstić information content (AvgIpc) is 2.31. The normalized spacial score (nSPS) is 28.3. The van der Waals surface area contributed by atoms with Crippen molar-refractivity contribution in [3.8, 4) is 0 Å². The Morgan fingerprint density at radius 1 is 1.50 bits per heavy atom. The third-order valence-corrected chi connectivity index (χ3v) is 2.54. The lowest BCUT2D eigenvalue weighted by atomic mass is 9.92. The Labute approximate surface area is 71.9 Å². The standard InChI is InChI=1S/C10H12O2/c1-6-3-4-9-8(5-6)7(2)10(11)12-9/h5,9H,3-4H2,1-2H3. The quantitative estimate of drug-likeness (QED) is 0.511. The molecule has 2 aliphatic rings. The number of fused-ring (bicyclic) bond motifs is 1. The lowest BCUT2D eigenvalue weighted by Crippen LogP contribution is -2.14. The maximum absolute atomic E-state index is 11.1. The van der Waals surface area contributed by atoms with Gasteiger partial charge in [0.1, 0.15) is 6.10 Å². The van der Waals surface area contributed by atoms with Gasteiger partial charge in [-0.3, -0.25) is 0 Å². The number of carbonyl (C=O) groups excluding carboxylic acids is 1. The topological polar surface area (TPSA) is 26.3 Å². The summed E-state index contributed by atoms with van der Waals surface area (Å²) in [7, 11) is 0. The number of esters is 1. The van der Waals surface area contributed by atoms with Gasteiger partial charge >= 0.3 is 5.97 Å². The molecule has 1 aliphatic heterocycles. The molecular weight excluding hydrogens is 152 g/mol. The van der Waals surface area contributed by atoms with E-state index in [-0.39, 0.29) is 12.1 Å². The van der Waals surface area contributed by atoms with E-state index >= 15 is 0 Å². The van der Waals surface area contributed by atoms with E-state index in [2.05, 4.69) is 13.0 Å². The van der Waals surface area contributed by atoms with Crippen molar-refractivity contribution in [3.05, 3.63) is 22.8 Å². The molecule has 2 heteroatoms. The van der Waals surface area contributed by atoms with Crippen molar-refractivity contribution in [2.75, 3.05) is 0 Å². The molecule has 0 saturated heterocycles. The van der Waals surface area contributed by atoms with Gasteiger partial charge in [0.15, 0.2) is 0 Å². The van der Waals surface area contributed by atoms with Gasteiger partial charge in [-0.1, -0.05) is 11.6 Å². The number of hydrogen-bond donors (Lipinski definition) is 0. The summed E-state index contributed by atoms with van der Waals surface area (Å²) in [6.07, 6.45) is 4.16. The van der Waals surface area contributed by atoms with Gasteiger partial charge in [0, 0.05) is 11.1 Å². The first-order valence-corrected chi connectivity index (χ1v) is 4.27. The number of rotatable bonds is 0. The first-order valence-electron chi connectivity index (χ1n) is 4.27. The highest BCUT2D eigenvalue weighted by Crippen LogP contribution is 2.32. The molecule has 0 spiro atoms. The second-order valence-corrected chi connectivity index (χ2v) is 3.50. The minimum atomic E-state index is -0.138. The van der Waals surface area contributed by atoms with Crippen molar-refractivity contribution in [1.29, 1.82) is 0 Å². The van der Waals surface area contributed by atoms with Crippen LogP contribution in [0.15, 0.2) is 22.8 Å². The minimum Gasteiger partial charge on any atom is -0.454 e. The van der Waals surface area contributed by atoms with E-state index in [0.29, 0.717) is 0 Å². The van der Waals surface area contributed by atoms with E-state index in [1.165, 1.54) is 5.57 Å². The summed E-state index contributed by atoms with van der Waals surface area (Å²) in [4.78, 5) is 11.1. The molecular formula is C10H12O2. The van der Waals surface area contributed by atoms with E-state index < -0.39 is 0 Å². The summed E-state index contributed by atoms with van der Waals surface area (Å²) in [5.41, 5.74) is 3.24. The molecule has 0 saturated carbocycles. The first kappa shape index (κ1) is 7.59. The van der Waals surface area contributed by atoms with Crippen molar-refractivity contribution >= 4 is 5.97 Å². The fourth-order valence-electron chi connectivity index (χ4n) is 1.75. The summed E-state index contributed by atoms with van der Waals surface area (Å²) >= 11 is 0. The Kier molecular flexibility index (Phi) is 1.56. The fourth-order valence-corrected chi connectivity index (χ4v) is 1.75. The van der Waals surface area contributed by atoms with Gasteiger partial charge in [0.05, 0.1) is 0 Å². The van der Waals surface area contributed by atoms with Crippen LogP contribution in [0.25, 0.3) is 0 Å². The molecule has 1 unspecified atom stereocenters. The summed E-state index contributed by atoms with van der Waals surface area (Å²) in [6, 6.07) is 0. The van der Waals surface area contributed by atoms with Gasteiger partial charge in [-0.05, 0) is 26.7 Å². The van der Waals surface area contributed by atoms with E-state index in [1.807, 2.05) is 6.92 Å². The number of allylic oxidation sites excluding steroid dienone is 1. The van der Waals surface area contributed by atoms with Crippen LogP contribution in [0.3, 0.4) is 0 Å². The number of carbonyl (C=O) groups is 1. The molecule has 0 fully saturated rings. The van der Waals surface area contributed by atoms with Gasteiger partial charge in [0.2, 0.25) is 0 Å². The molecule has 0 bridgehead atoms. The predicted octanol–water partition coefficient (Wildman–Crippen LogP) is 1.97. The van der Waals surface area contributed by atoms with Crippen LogP contribution in [0.1, 0.15) is 26.7 Å². The van der Waals surface area contributed by atoms with E-state index in [9.17, 15) is 4.79 Å². The van der Waals surface area contributed by atoms with Crippen LogP contribution in [-0.2, 0) is 9.53 Å². The summed E-state index contributed by atoms with van der Waals surface area (Å²) < 4.78 is 5.17. The largest absolute Gasteiger partial charge is 0.454 e. The van der Waals surface area contributed by atoms with E-state index in [4.69, 9.17) is 4.74 Å². The van der Waals surface area contributed by atoms with Crippen LogP contribution in [0.2, 0.25) is 0 Å².